The highest BCUT2D eigenvalue weighted by atomic mass is 32.2. The fourth-order valence-electron chi connectivity index (χ4n) is 1.38. The number of benzene rings is 1. The number of carboxylic acid groups (broad SMARTS) is 1. The molecule has 2 rings (SSSR count). The number of carboxylic acids is 1. The van der Waals surface area contributed by atoms with Gasteiger partial charge >= 0.3 is 11.7 Å². The summed E-state index contributed by atoms with van der Waals surface area (Å²) in [6.45, 7) is 0. The average Bonchev–Trinajstić information content (AvgIpc) is 2.41. The third kappa shape index (κ3) is 3.09. The molecule has 0 aliphatic carbocycles. The standard InChI is InChI=1S/C12H7FN2O4S/c13-7-1-3-8(4-2-7)20-11-10(15(18)19)6-5-9(14-11)12(16)17/h1-6H,(H,16,17). The minimum absolute atomic E-state index is 0.0542. The highest BCUT2D eigenvalue weighted by molar-refractivity contribution is 7.99. The Morgan fingerprint density at radius 1 is 1.25 bits per heavy atom. The molecule has 0 aliphatic heterocycles. The van der Waals surface area contributed by atoms with Crippen LogP contribution in [0.25, 0.3) is 0 Å². The van der Waals surface area contributed by atoms with E-state index in [9.17, 15) is 19.3 Å². The molecule has 0 spiro atoms. The Morgan fingerprint density at radius 3 is 2.45 bits per heavy atom. The van der Waals surface area contributed by atoms with Crippen LogP contribution in [0.4, 0.5) is 10.1 Å². The number of nitro groups is 1. The second kappa shape index (κ2) is 5.66. The van der Waals surface area contributed by atoms with Gasteiger partial charge < -0.3 is 5.11 Å². The lowest BCUT2D eigenvalue weighted by Crippen LogP contribution is -2.03. The topological polar surface area (TPSA) is 93.3 Å². The SMILES string of the molecule is O=C(O)c1ccc([N+](=O)[O-])c(Sc2ccc(F)cc2)n1. The summed E-state index contributed by atoms with van der Waals surface area (Å²) in [5.74, 6) is -1.71. The van der Waals surface area contributed by atoms with Crippen LogP contribution >= 0.6 is 11.8 Å². The Kier molecular flexibility index (Phi) is 3.94. The zero-order valence-corrected chi connectivity index (χ0v) is 10.6. The minimum atomic E-state index is -1.28. The summed E-state index contributed by atoms with van der Waals surface area (Å²) in [7, 11) is 0. The number of nitrogens with zero attached hydrogens (tertiary/aromatic N) is 2. The average molecular weight is 294 g/mol. The second-order valence-electron chi connectivity index (χ2n) is 3.64. The number of pyridine rings is 1. The van der Waals surface area contributed by atoms with E-state index in [4.69, 9.17) is 5.11 Å². The van der Waals surface area contributed by atoms with Gasteiger partial charge in [-0.2, -0.15) is 0 Å². The number of halogens is 1. The van der Waals surface area contributed by atoms with E-state index in [-0.39, 0.29) is 16.4 Å². The lowest BCUT2D eigenvalue weighted by Gasteiger charge is -2.03. The first kappa shape index (κ1) is 13.9. The van der Waals surface area contributed by atoms with Crippen LogP contribution in [0, 0.1) is 15.9 Å². The van der Waals surface area contributed by atoms with Crippen molar-refractivity contribution in [2.24, 2.45) is 0 Å². The summed E-state index contributed by atoms with van der Waals surface area (Å²) in [6.07, 6.45) is 0. The number of rotatable bonds is 4. The van der Waals surface area contributed by atoms with E-state index < -0.39 is 16.7 Å². The van der Waals surface area contributed by atoms with Crippen LogP contribution < -0.4 is 0 Å². The van der Waals surface area contributed by atoms with Gasteiger partial charge in [0.25, 0.3) is 0 Å². The zero-order valence-electron chi connectivity index (χ0n) is 9.82. The molecule has 0 fully saturated rings. The third-order valence-electron chi connectivity index (χ3n) is 2.28. The van der Waals surface area contributed by atoms with Crippen LogP contribution in [0.3, 0.4) is 0 Å². The fourth-order valence-corrected chi connectivity index (χ4v) is 2.27. The molecule has 1 aromatic heterocycles. The first-order valence-corrected chi connectivity index (χ1v) is 6.11. The summed E-state index contributed by atoms with van der Waals surface area (Å²) in [5.41, 5.74) is -0.593. The van der Waals surface area contributed by atoms with E-state index in [1.54, 1.807) is 0 Å². The maximum Gasteiger partial charge on any atom is 0.354 e. The molecule has 102 valence electrons. The molecule has 0 unspecified atom stereocenters. The molecule has 0 radical (unpaired) electrons. The third-order valence-corrected chi connectivity index (χ3v) is 3.29. The van der Waals surface area contributed by atoms with Crippen LogP contribution in [0.5, 0.6) is 0 Å². The maximum atomic E-state index is 12.8. The van der Waals surface area contributed by atoms with Gasteiger partial charge in [-0.3, -0.25) is 10.1 Å². The number of hydrogen-bond acceptors (Lipinski definition) is 5. The summed E-state index contributed by atoms with van der Waals surface area (Å²) in [4.78, 5) is 25.3. The molecule has 0 atom stereocenters. The molecule has 2 aromatic rings. The van der Waals surface area contributed by atoms with E-state index >= 15 is 0 Å². The van der Waals surface area contributed by atoms with Crippen molar-refractivity contribution in [3.05, 3.63) is 58.0 Å². The Balaban J connectivity index is 2.41. The van der Waals surface area contributed by atoms with Crippen LogP contribution in [0.15, 0.2) is 46.3 Å². The van der Waals surface area contributed by atoms with Crippen molar-refractivity contribution >= 4 is 23.4 Å². The van der Waals surface area contributed by atoms with E-state index in [0.717, 1.165) is 23.9 Å². The Bertz CT molecular complexity index is 676. The van der Waals surface area contributed by atoms with Gasteiger partial charge in [0.1, 0.15) is 11.5 Å². The molecule has 1 aromatic carbocycles. The second-order valence-corrected chi connectivity index (χ2v) is 4.70. The summed E-state index contributed by atoms with van der Waals surface area (Å²) in [5, 5.41) is 19.7. The van der Waals surface area contributed by atoms with Gasteiger partial charge in [-0.1, -0.05) is 11.8 Å². The monoisotopic (exact) mass is 294 g/mol. The molecule has 0 saturated heterocycles. The van der Waals surface area contributed by atoms with Gasteiger partial charge in [-0.25, -0.2) is 14.2 Å². The van der Waals surface area contributed by atoms with Crippen molar-refractivity contribution in [2.75, 3.05) is 0 Å². The van der Waals surface area contributed by atoms with Gasteiger partial charge in [0.2, 0.25) is 0 Å². The smallest absolute Gasteiger partial charge is 0.354 e. The quantitative estimate of drug-likeness (QED) is 0.688. The molecule has 20 heavy (non-hydrogen) atoms. The van der Waals surface area contributed by atoms with Crippen molar-refractivity contribution in [2.45, 2.75) is 9.92 Å². The number of hydrogen-bond donors (Lipinski definition) is 1. The highest BCUT2D eigenvalue weighted by Gasteiger charge is 2.19. The van der Waals surface area contributed by atoms with Crippen molar-refractivity contribution in [3.63, 3.8) is 0 Å². The van der Waals surface area contributed by atoms with Gasteiger partial charge in [-0.15, -0.1) is 0 Å². The lowest BCUT2D eigenvalue weighted by atomic mass is 10.3. The molecule has 6 nitrogen and oxygen atoms in total. The Labute approximate surface area is 116 Å². The Morgan fingerprint density at radius 2 is 1.90 bits per heavy atom. The van der Waals surface area contributed by atoms with Crippen molar-refractivity contribution < 1.29 is 19.2 Å². The van der Waals surface area contributed by atoms with Gasteiger partial charge in [0.05, 0.1) is 4.92 Å². The molecule has 8 heteroatoms. The van der Waals surface area contributed by atoms with Crippen LogP contribution in [-0.4, -0.2) is 21.0 Å². The zero-order chi connectivity index (χ0) is 14.7. The summed E-state index contributed by atoms with van der Waals surface area (Å²) < 4.78 is 12.8. The summed E-state index contributed by atoms with van der Waals surface area (Å²) in [6, 6.07) is 7.42. The fraction of sp³-hybridized carbons (Fsp3) is 0. The number of aromatic carboxylic acids is 1. The van der Waals surface area contributed by atoms with Crippen LogP contribution in [0.2, 0.25) is 0 Å². The van der Waals surface area contributed by atoms with Crippen molar-refractivity contribution in [3.8, 4) is 0 Å². The predicted molar refractivity (Wildman–Crippen MR) is 68.4 cm³/mol. The van der Waals surface area contributed by atoms with E-state index in [1.807, 2.05) is 0 Å². The molecule has 1 heterocycles. The largest absolute Gasteiger partial charge is 0.477 e. The molecule has 0 amide bonds. The molecule has 0 aliphatic rings. The van der Waals surface area contributed by atoms with Gasteiger partial charge in [0.15, 0.2) is 5.03 Å². The molecular weight excluding hydrogens is 287 g/mol. The van der Waals surface area contributed by atoms with Crippen LogP contribution in [-0.2, 0) is 0 Å². The first-order valence-electron chi connectivity index (χ1n) is 5.29. The normalized spacial score (nSPS) is 10.2. The predicted octanol–water partition coefficient (Wildman–Crippen LogP) is 2.98. The molecule has 1 N–H and O–H groups in total. The van der Waals surface area contributed by atoms with Crippen molar-refractivity contribution in [1.29, 1.82) is 0 Å². The Hall–Kier alpha value is -2.48. The van der Waals surface area contributed by atoms with Crippen LogP contribution in [0.1, 0.15) is 10.5 Å². The molecule has 0 bridgehead atoms. The molecule has 0 saturated carbocycles. The number of carbonyl (C=O) groups is 1. The van der Waals surface area contributed by atoms with Gasteiger partial charge in [-0.05, 0) is 30.3 Å². The maximum absolute atomic E-state index is 12.8. The highest BCUT2D eigenvalue weighted by Crippen LogP contribution is 2.33. The number of aromatic nitrogens is 1. The van der Waals surface area contributed by atoms with E-state index in [1.165, 1.54) is 24.3 Å². The van der Waals surface area contributed by atoms with E-state index in [2.05, 4.69) is 4.98 Å². The first-order chi connectivity index (χ1) is 9.47. The van der Waals surface area contributed by atoms with E-state index in [0.29, 0.717) is 4.90 Å². The molecular formula is C12H7FN2O4S. The van der Waals surface area contributed by atoms with Crippen molar-refractivity contribution in [1.82, 2.24) is 4.98 Å². The minimum Gasteiger partial charge on any atom is -0.477 e. The lowest BCUT2D eigenvalue weighted by molar-refractivity contribution is -0.388. The van der Waals surface area contributed by atoms with Gasteiger partial charge in [0, 0.05) is 11.0 Å². The summed E-state index contributed by atoms with van der Waals surface area (Å²) >= 11 is 0.900.